The molecule has 1 aromatic heterocycles. The van der Waals surface area contributed by atoms with Crippen molar-refractivity contribution >= 4 is 34.6 Å². The molecular formula is C10H14ClN5S. The van der Waals surface area contributed by atoms with Crippen molar-refractivity contribution in [1.82, 2.24) is 14.9 Å². The van der Waals surface area contributed by atoms with Crippen molar-refractivity contribution in [3.05, 3.63) is 17.5 Å². The minimum absolute atomic E-state index is 0.540. The number of nitrogens with two attached hydrogens (primary N) is 1. The summed E-state index contributed by atoms with van der Waals surface area (Å²) in [6.45, 7) is 4.26. The number of hydrogen-bond acceptors (Lipinski definition) is 5. The first-order valence-corrected chi connectivity index (χ1v) is 6.16. The van der Waals surface area contributed by atoms with Gasteiger partial charge in [-0.25, -0.2) is 9.97 Å². The summed E-state index contributed by atoms with van der Waals surface area (Å²) >= 11 is 11.0. The maximum atomic E-state index is 6.06. The second-order valence-corrected chi connectivity index (χ2v) is 4.86. The highest BCUT2D eigenvalue weighted by atomic mass is 35.5. The van der Waals surface area contributed by atoms with Gasteiger partial charge in [0.05, 0.1) is 11.2 Å². The first-order valence-electron chi connectivity index (χ1n) is 5.38. The molecule has 17 heavy (non-hydrogen) atoms. The highest BCUT2D eigenvalue weighted by Gasteiger charge is 2.19. The Morgan fingerprint density at radius 2 is 2.12 bits per heavy atom. The zero-order chi connectivity index (χ0) is 12.3. The number of anilines is 1. The predicted molar refractivity (Wildman–Crippen MR) is 72.5 cm³/mol. The summed E-state index contributed by atoms with van der Waals surface area (Å²) in [6.07, 6.45) is 3.13. The quantitative estimate of drug-likeness (QED) is 0.810. The molecule has 1 aliphatic rings. The molecule has 7 heteroatoms. The molecule has 1 aromatic rings. The van der Waals surface area contributed by atoms with Crippen LogP contribution in [-0.2, 0) is 0 Å². The zero-order valence-electron chi connectivity index (χ0n) is 9.34. The van der Waals surface area contributed by atoms with Crippen LogP contribution in [0.4, 0.5) is 5.82 Å². The van der Waals surface area contributed by atoms with Crippen LogP contribution in [0.5, 0.6) is 0 Å². The number of aromatic nitrogens is 2. The van der Waals surface area contributed by atoms with Gasteiger partial charge in [0.25, 0.3) is 0 Å². The Morgan fingerprint density at radius 3 is 2.71 bits per heavy atom. The van der Waals surface area contributed by atoms with Gasteiger partial charge in [0.2, 0.25) is 0 Å². The standard InChI is InChI=1S/C10H14ClN5S/c11-8-5-13-7-14-10(8)16-3-1-15(2-4-16)6-9(12)17/h5,7H,1-4,6H2,(H2,12,17). The molecule has 0 aromatic carbocycles. The largest absolute Gasteiger partial charge is 0.392 e. The molecule has 0 radical (unpaired) electrons. The van der Waals surface area contributed by atoms with E-state index in [0.29, 0.717) is 16.6 Å². The average molecular weight is 272 g/mol. The smallest absolute Gasteiger partial charge is 0.150 e. The molecule has 0 spiro atoms. The fourth-order valence-corrected chi connectivity index (χ4v) is 2.28. The van der Waals surface area contributed by atoms with E-state index in [1.54, 1.807) is 6.20 Å². The Hall–Kier alpha value is -0.980. The molecule has 0 unspecified atom stereocenters. The van der Waals surface area contributed by atoms with E-state index in [0.717, 1.165) is 32.0 Å². The van der Waals surface area contributed by atoms with E-state index in [4.69, 9.17) is 29.6 Å². The van der Waals surface area contributed by atoms with Crippen molar-refractivity contribution in [3.63, 3.8) is 0 Å². The normalized spacial score (nSPS) is 17.1. The van der Waals surface area contributed by atoms with Gasteiger partial charge in [0, 0.05) is 32.7 Å². The lowest BCUT2D eigenvalue weighted by Gasteiger charge is -2.35. The number of hydrogen-bond donors (Lipinski definition) is 1. The number of rotatable bonds is 3. The maximum absolute atomic E-state index is 6.06. The Morgan fingerprint density at radius 1 is 1.41 bits per heavy atom. The fourth-order valence-electron chi connectivity index (χ4n) is 1.88. The Kier molecular flexibility index (Phi) is 4.09. The Labute approximate surface area is 111 Å². The average Bonchev–Trinajstić information content (AvgIpc) is 2.30. The van der Waals surface area contributed by atoms with Gasteiger partial charge < -0.3 is 10.6 Å². The fraction of sp³-hybridized carbons (Fsp3) is 0.500. The summed E-state index contributed by atoms with van der Waals surface area (Å²) in [5.41, 5.74) is 5.53. The van der Waals surface area contributed by atoms with Crippen LogP contribution < -0.4 is 10.6 Å². The monoisotopic (exact) mass is 271 g/mol. The van der Waals surface area contributed by atoms with Crippen LogP contribution in [0.25, 0.3) is 0 Å². The minimum atomic E-state index is 0.540. The van der Waals surface area contributed by atoms with Crippen molar-refractivity contribution in [2.45, 2.75) is 0 Å². The summed E-state index contributed by atoms with van der Waals surface area (Å²) in [6, 6.07) is 0. The predicted octanol–water partition coefficient (Wildman–Crippen LogP) is 0.538. The van der Waals surface area contributed by atoms with Crippen LogP contribution in [0.15, 0.2) is 12.5 Å². The minimum Gasteiger partial charge on any atom is -0.392 e. The lowest BCUT2D eigenvalue weighted by Crippen LogP contribution is -2.48. The summed E-state index contributed by atoms with van der Waals surface area (Å²) in [5, 5.41) is 0.593. The molecule has 5 nitrogen and oxygen atoms in total. The molecule has 2 heterocycles. The van der Waals surface area contributed by atoms with Crippen LogP contribution in [0.3, 0.4) is 0 Å². The maximum Gasteiger partial charge on any atom is 0.150 e. The van der Waals surface area contributed by atoms with E-state index in [9.17, 15) is 0 Å². The number of thiocarbonyl (C=S) groups is 1. The number of nitrogens with zero attached hydrogens (tertiary/aromatic N) is 4. The number of halogens is 1. The lowest BCUT2D eigenvalue weighted by molar-refractivity contribution is 0.291. The highest BCUT2D eigenvalue weighted by Crippen LogP contribution is 2.22. The first kappa shape index (κ1) is 12.5. The molecule has 1 fully saturated rings. The van der Waals surface area contributed by atoms with Crippen LogP contribution in [0.1, 0.15) is 0 Å². The molecule has 0 atom stereocenters. The third-order valence-electron chi connectivity index (χ3n) is 2.70. The van der Waals surface area contributed by atoms with E-state index in [-0.39, 0.29) is 0 Å². The van der Waals surface area contributed by atoms with Crippen LogP contribution in [0, 0.1) is 0 Å². The molecule has 2 N–H and O–H groups in total. The van der Waals surface area contributed by atoms with Gasteiger partial charge in [0.1, 0.15) is 11.3 Å². The second kappa shape index (κ2) is 5.57. The van der Waals surface area contributed by atoms with Gasteiger partial charge in [-0.1, -0.05) is 23.8 Å². The molecule has 0 aliphatic carbocycles. The summed E-state index contributed by atoms with van der Waals surface area (Å²) in [4.78, 5) is 13.0. The van der Waals surface area contributed by atoms with Crippen LogP contribution >= 0.6 is 23.8 Å². The van der Waals surface area contributed by atoms with E-state index in [1.165, 1.54) is 6.33 Å². The van der Waals surface area contributed by atoms with E-state index in [2.05, 4.69) is 19.8 Å². The van der Waals surface area contributed by atoms with Gasteiger partial charge in [-0.2, -0.15) is 0 Å². The molecule has 0 saturated carbocycles. The molecule has 2 rings (SSSR count). The van der Waals surface area contributed by atoms with Crippen molar-refractivity contribution in [2.75, 3.05) is 37.6 Å². The third-order valence-corrected chi connectivity index (χ3v) is 3.10. The van der Waals surface area contributed by atoms with Crippen molar-refractivity contribution in [1.29, 1.82) is 0 Å². The van der Waals surface area contributed by atoms with E-state index < -0.39 is 0 Å². The van der Waals surface area contributed by atoms with Gasteiger partial charge in [-0.3, -0.25) is 4.90 Å². The number of piperazine rings is 1. The Balaban J connectivity index is 1.95. The van der Waals surface area contributed by atoms with Crippen molar-refractivity contribution in [2.24, 2.45) is 5.73 Å². The summed E-state index contributed by atoms with van der Waals surface area (Å²) in [7, 11) is 0. The molecule has 1 aliphatic heterocycles. The van der Waals surface area contributed by atoms with E-state index >= 15 is 0 Å². The van der Waals surface area contributed by atoms with Crippen molar-refractivity contribution < 1.29 is 0 Å². The molecule has 0 bridgehead atoms. The lowest BCUT2D eigenvalue weighted by atomic mass is 10.3. The van der Waals surface area contributed by atoms with Gasteiger partial charge >= 0.3 is 0 Å². The van der Waals surface area contributed by atoms with E-state index in [1.807, 2.05) is 0 Å². The van der Waals surface area contributed by atoms with Crippen LogP contribution in [0.2, 0.25) is 5.02 Å². The molecule has 1 saturated heterocycles. The SMILES string of the molecule is NC(=S)CN1CCN(c2ncncc2Cl)CC1. The molecular weight excluding hydrogens is 258 g/mol. The third kappa shape index (κ3) is 3.24. The van der Waals surface area contributed by atoms with Gasteiger partial charge in [-0.05, 0) is 0 Å². The summed E-state index contributed by atoms with van der Waals surface area (Å²) < 4.78 is 0. The zero-order valence-corrected chi connectivity index (χ0v) is 10.9. The van der Waals surface area contributed by atoms with Gasteiger partial charge in [-0.15, -0.1) is 0 Å². The molecule has 92 valence electrons. The first-order chi connectivity index (χ1) is 8.16. The molecule has 0 amide bonds. The summed E-state index contributed by atoms with van der Waals surface area (Å²) in [5.74, 6) is 0.802. The second-order valence-electron chi connectivity index (χ2n) is 3.92. The van der Waals surface area contributed by atoms with Gasteiger partial charge in [0.15, 0.2) is 5.82 Å². The van der Waals surface area contributed by atoms with Crippen molar-refractivity contribution in [3.8, 4) is 0 Å². The Bertz CT molecular complexity index is 405. The van der Waals surface area contributed by atoms with Crippen LogP contribution in [-0.4, -0.2) is 52.6 Å². The topological polar surface area (TPSA) is 58.3 Å². The highest BCUT2D eigenvalue weighted by molar-refractivity contribution is 7.80.